The number of ether oxygens (including phenoxy) is 1. The molecule has 18 heteroatoms. The molecule has 2 aromatic heterocycles. The van der Waals surface area contributed by atoms with Gasteiger partial charge in [0.1, 0.15) is 17.3 Å². The highest BCUT2D eigenvalue weighted by atomic mass is 35.5. The molecular weight excluding hydrogens is 588 g/mol. The Morgan fingerprint density at radius 1 is 1.10 bits per heavy atom. The van der Waals surface area contributed by atoms with E-state index in [4.69, 9.17) is 36.1 Å². The van der Waals surface area contributed by atoms with Crippen LogP contribution in [0.1, 0.15) is 18.5 Å². The smallest absolute Gasteiger partial charge is 0.490 e. The third-order valence-corrected chi connectivity index (χ3v) is 6.75. The van der Waals surface area contributed by atoms with Crippen molar-refractivity contribution in [3.05, 3.63) is 53.4 Å². The van der Waals surface area contributed by atoms with Crippen LogP contribution in [0, 0.1) is 0 Å². The van der Waals surface area contributed by atoms with Crippen LogP contribution in [0.2, 0.25) is 5.02 Å². The number of carboxylic acid groups (broad SMARTS) is 2. The molecule has 1 unspecified atom stereocenters. The fraction of sp³-hybridized carbons (Fsp3) is 0.286. The number of hydrogen-bond donors (Lipinski definition) is 3. The number of nitrogens with one attached hydrogen (secondary N) is 1. The highest BCUT2D eigenvalue weighted by Gasteiger charge is 2.39. The predicted octanol–water partition coefficient (Wildman–Crippen LogP) is 4.24. The minimum absolute atomic E-state index is 0.00403. The number of fused-ring (bicyclic) bond motifs is 3. The third-order valence-electron chi connectivity index (χ3n) is 4.81. The van der Waals surface area contributed by atoms with Crippen LogP contribution in [-0.4, -0.2) is 65.0 Å². The monoisotopic (exact) mass is 605 g/mol. The highest BCUT2D eigenvalue weighted by molar-refractivity contribution is 7.90. The van der Waals surface area contributed by atoms with Gasteiger partial charge in [0.05, 0.1) is 10.5 Å². The normalized spacial score (nSPS) is 15.4. The van der Waals surface area contributed by atoms with Crippen molar-refractivity contribution in [3.8, 4) is 5.75 Å². The summed E-state index contributed by atoms with van der Waals surface area (Å²) in [5, 5.41) is 18.7. The van der Waals surface area contributed by atoms with Crippen molar-refractivity contribution < 1.29 is 59.3 Å². The molecule has 4 rings (SSSR count). The predicted molar refractivity (Wildman–Crippen MR) is 123 cm³/mol. The van der Waals surface area contributed by atoms with E-state index in [1.165, 1.54) is 28.6 Å². The number of nitrogens with zero attached hydrogens (tertiary/aromatic N) is 2. The van der Waals surface area contributed by atoms with Crippen molar-refractivity contribution in [2.45, 2.75) is 30.2 Å². The second kappa shape index (κ2) is 12.1. The molecule has 0 spiro atoms. The number of hydrogen-bond acceptors (Lipinski definition) is 7. The largest absolute Gasteiger partial charge is 0.492 e. The Morgan fingerprint density at radius 3 is 2.15 bits per heavy atom. The number of pyridine rings is 1. The Morgan fingerprint density at radius 2 is 1.67 bits per heavy atom. The van der Waals surface area contributed by atoms with E-state index in [0.717, 1.165) is 11.3 Å². The van der Waals surface area contributed by atoms with Crippen molar-refractivity contribution in [2.24, 2.45) is 0 Å². The zero-order chi connectivity index (χ0) is 29.8. The lowest BCUT2D eigenvalue weighted by molar-refractivity contribution is -0.193. The van der Waals surface area contributed by atoms with Crippen LogP contribution < -0.4 is 10.1 Å². The maximum atomic E-state index is 13.0. The summed E-state index contributed by atoms with van der Waals surface area (Å²) in [6.45, 7) is 3.27. The molecule has 0 saturated heterocycles. The fourth-order valence-corrected chi connectivity index (χ4v) is 4.85. The van der Waals surface area contributed by atoms with Crippen LogP contribution in [0.4, 0.5) is 26.3 Å². The van der Waals surface area contributed by atoms with Crippen molar-refractivity contribution in [3.63, 3.8) is 0 Å². The molecule has 3 aromatic rings. The molecule has 3 N–H and O–H groups in total. The van der Waals surface area contributed by atoms with Crippen molar-refractivity contribution in [1.82, 2.24) is 14.3 Å². The van der Waals surface area contributed by atoms with Crippen molar-refractivity contribution in [1.29, 1.82) is 0 Å². The summed E-state index contributed by atoms with van der Waals surface area (Å²) in [5.41, 5.74) is 1.40. The average Bonchev–Trinajstić information content (AvgIpc) is 3.07. The number of aromatic nitrogens is 2. The average molecular weight is 606 g/mol. The third kappa shape index (κ3) is 7.73. The Labute approximate surface area is 220 Å². The molecule has 1 aliphatic heterocycles. The first-order valence-corrected chi connectivity index (χ1v) is 12.2. The standard InChI is InChI=1S/C17H16ClN3O3S.2C2HF3O2/c1-11-16-15(24-8-7-20-11)5-4-14-17(16)13(18)10-21(14)25(22,23)12-3-2-6-19-9-12;2*3-2(4,5)1(6)7/h2-6,9-11,20H,7-8H2,1H3;2*(H,6,7). The summed E-state index contributed by atoms with van der Waals surface area (Å²) >= 11 is 6.44. The maximum absolute atomic E-state index is 13.0. The maximum Gasteiger partial charge on any atom is 0.490 e. The molecule has 39 heavy (non-hydrogen) atoms. The van der Waals surface area contributed by atoms with E-state index < -0.39 is 34.3 Å². The summed E-state index contributed by atoms with van der Waals surface area (Å²) in [6, 6.07) is 6.62. The Balaban J connectivity index is 0.000000317. The fourth-order valence-electron chi connectivity index (χ4n) is 3.17. The molecule has 1 aromatic carbocycles. The molecule has 0 radical (unpaired) electrons. The molecule has 0 fully saturated rings. The summed E-state index contributed by atoms with van der Waals surface area (Å²) in [4.78, 5) is 21.8. The van der Waals surface area contributed by atoms with Gasteiger partial charge in [-0.15, -0.1) is 0 Å². The van der Waals surface area contributed by atoms with Gasteiger partial charge in [-0.25, -0.2) is 22.0 Å². The second-order valence-electron chi connectivity index (χ2n) is 7.47. The van der Waals surface area contributed by atoms with Gasteiger partial charge in [0, 0.05) is 42.1 Å². The van der Waals surface area contributed by atoms with Crippen LogP contribution >= 0.6 is 11.6 Å². The van der Waals surface area contributed by atoms with E-state index >= 15 is 0 Å². The summed E-state index contributed by atoms with van der Waals surface area (Å²) in [7, 11) is -3.79. The van der Waals surface area contributed by atoms with Crippen LogP contribution in [0.5, 0.6) is 5.75 Å². The molecule has 10 nitrogen and oxygen atoms in total. The number of alkyl halides is 6. The van der Waals surface area contributed by atoms with Crippen molar-refractivity contribution in [2.75, 3.05) is 13.2 Å². The molecule has 1 atom stereocenters. The molecule has 0 bridgehead atoms. The summed E-state index contributed by atoms with van der Waals surface area (Å²) < 4.78 is 96.4. The number of halogens is 7. The minimum atomic E-state index is -5.08. The van der Waals surface area contributed by atoms with E-state index in [1.807, 2.05) is 6.92 Å². The topological polar surface area (TPSA) is 148 Å². The number of aliphatic carboxylic acids is 2. The van der Waals surface area contributed by atoms with E-state index in [-0.39, 0.29) is 10.9 Å². The van der Waals surface area contributed by atoms with E-state index in [9.17, 15) is 34.8 Å². The number of benzene rings is 1. The van der Waals surface area contributed by atoms with Gasteiger partial charge in [-0.2, -0.15) is 26.3 Å². The van der Waals surface area contributed by atoms with Gasteiger partial charge in [0.25, 0.3) is 10.0 Å². The van der Waals surface area contributed by atoms with Gasteiger partial charge in [-0.3, -0.25) is 4.98 Å². The molecule has 0 aliphatic carbocycles. The molecule has 1 aliphatic rings. The lowest BCUT2D eigenvalue weighted by Gasteiger charge is -2.15. The minimum Gasteiger partial charge on any atom is -0.492 e. The highest BCUT2D eigenvalue weighted by Crippen LogP contribution is 2.40. The summed E-state index contributed by atoms with van der Waals surface area (Å²) in [6.07, 6.45) is -5.87. The number of carboxylic acids is 2. The molecule has 214 valence electrons. The quantitative estimate of drug-likeness (QED) is 0.365. The lowest BCUT2D eigenvalue weighted by atomic mass is 10.0. The van der Waals surface area contributed by atoms with Gasteiger partial charge >= 0.3 is 24.3 Å². The summed E-state index contributed by atoms with van der Waals surface area (Å²) in [5.74, 6) is -4.79. The Bertz CT molecular complexity index is 1420. The van der Waals surface area contributed by atoms with Gasteiger partial charge in [0.15, 0.2) is 0 Å². The molecular formula is C21H18ClF6N3O7S. The van der Waals surface area contributed by atoms with E-state index in [2.05, 4.69) is 10.3 Å². The SMILES string of the molecule is CC1NCCOc2ccc3c(c(Cl)cn3S(=O)(=O)c3cccnc3)c21.O=C(O)C(F)(F)F.O=C(O)C(F)(F)F. The van der Waals surface area contributed by atoms with Gasteiger partial charge in [0.2, 0.25) is 0 Å². The van der Waals surface area contributed by atoms with E-state index in [1.54, 1.807) is 18.2 Å². The first-order valence-electron chi connectivity index (χ1n) is 10.3. The first kappa shape index (κ1) is 31.6. The molecule has 0 amide bonds. The van der Waals surface area contributed by atoms with Crippen LogP contribution in [0.25, 0.3) is 10.9 Å². The van der Waals surface area contributed by atoms with Crippen LogP contribution in [0.15, 0.2) is 47.8 Å². The second-order valence-corrected chi connectivity index (χ2v) is 9.69. The van der Waals surface area contributed by atoms with Crippen molar-refractivity contribution >= 4 is 44.5 Å². The Kier molecular flexibility index (Phi) is 9.81. The van der Waals surface area contributed by atoms with Gasteiger partial charge in [-0.05, 0) is 31.2 Å². The van der Waals surface area contributed by atoms with Gasteiger partial charge in [-0.1, -0.05) is 11.6 Å². The van der Waals surface area contributed by atoms with Crippen LogP contribution in [0.3, 0.4) is 0 Å². The van der Waals surface area contributed by atoms with Crippen LogP contribution in [-0.2, 0) is 19.6 Å². The zero-order valence-electron chi connectivity index (χ0n) is 19.4. The molecule has 3 heterocycles. The number of carbonyl (C=O) groups is 2. The molecule has 0 saturated carbocycles. The number of rotatable bonds is 2. The first-order chi connectivity index (χ1) is 17.9. The zero-order valence-corrected chi connectivity index (χ0v) is 21.0. The lowest BCUT2D eigenvalue weighted by Crippen LogP contribution is -2.21. The van der Waals surface area contributed by atoms with Gasteiger partial charge < -0.3 is 20.3 Å². The van der Waals surface area contributed by atoms with E-state index in [0.29, 0.717) is 29.1 Å². The Hall–Kier alpha value is -3.57.